The summed E-state index contributed by atoms with van der Waals surface area (Å²) in [5, 5.41) is 1.54. The zero-order valence-electron chi connectivity index (χ0n) is 13.5. The van der Waals surface area contributed by atoms with Crippen LogP contribution in [0.25, 0.3) is 11.0 Å². The fourth-order valence-electron chi connectivity index (χ4n) is 3.16. The Morgan fingerprint density at radius 1 is 1.12 bits per heavy atom. The van der Waals surface area contributed by atoms with Gasteiger partial charge in [0.25, 0.3) is 5.91 Å². The van der Waals surface area contributed by atoms with Gasteiger partial charge in [-0.2, -0.15) is 0 Å². The van der Waals surface area contributed by atoms with Crippen molar-refractivity contribution < 1.29 is 4.79 Å². The van der Waals surface area contributed by atoms with E-state index in [9.17, 15) is 4.79 Å². The van der Waals surface area contributed by atoms with E-state index < -0.39 is 0 Å². The monoisotopic (exact) mass is 353 g/mol. The molecule has 0 N–H and O–H groups in total. The van der Waals surface area contributed by atoms with E-state index in [0.29, 0.717) is 29.7 Å². The number of pyridine rings is 2. The van der Waals surface area contributed by atoms with Crippen LogP contribution in [0.2, 0.25) is 5.02 Å². The van der Waals surface area contributed by atoms with Crippen molar-refractivity contribution in [2.75, 3.05) is 13.1 Å². The van der Waals surface area contributed by atoms with Crippen molar-refractivity contribution in [3.8, 4) is 0 Å². The number of carbonyl (C=O) groups is 1. The largest absolute Gasteiger partial charge is 0.336 e. The molecule has 0 bridgehead atoms. The third-order valence-electron chi connectivity index (χ3n) is 4.49. The second kappa shape index (κ2) is 6.72. The lowest BCUT2D eigenvalue weighted by Gasteiger charge is -2.31. The molecular weight excluding hydrogens is 338 g/mol. The third-order valence-corrected chi connectivity index (χ3v) is 4.69. The van der Waals surface area contributed by atoms with E-state index in [-0.39, 0.29) is 11.7 Å². The van der Waals surface area contributed by atoms with Crippen LogP contribution in [0.1, 0.15) is 35.1 Å². The van der Waals surface area contributed by atoms with Gasteiger partial charge in [-0.3, -0.25) is 4.79 Å². The molecule has 4 heterocycles. The van der Waals surface area contributed by atoms with Crippen LogP contribution >= 0.6 is 11.6 Å². The summed E-state index contributed by atoms with van der Waals surface area (Å²) in [6, 6.07) is 7.60. The zero-order chi connectivity index (χ0) is 17.2. The Labute approximate surface area is 149 Å². The number of hydrogen-bond donors (Lipinski definition) is 0. The standard InChI is InChI=1S/C18H16ClN5O/c19-14-10-13-2-3-15(23-16(13)22-11-14)12-4-8-24(9-5-12)18(25)17-20-6-1-7-21-17/h1-3,6-7,10-12H,4-5,8-9H2. The van der Waals surface area contributed by atoms with E-state index in [1.54, 1.807) is 24.7 Å². The first kappa shape index (κ1) is 15.9. The van der Waals surface area contributed by atoms with E-state index in [0.717, 1.165) is 23.9 Å². The van der Waals surface area contributed by atoms with E-state index >= 15 is 0 Å². The van der Waals surface area contributed by atoms with Gasteiger partial charge in [0, 0.05) is 48.7 Å². The molecule has 0 radical (unpaired) electrons. The average Bonchev–Trinajstić information content (AvgIpc) is 2.68. The fourth-order valence-corrected chi connectivity index (χ4v) is 3.32. The SMILES string of the molecule is O=C(c1ncccn1)N1CCC(c2ccc3cc(Cl)cnc3n2)CC1. The summed E-state index contributed by atoms with van der Waals surface area (Å²) in [4.78, 5) is 31.3. The molecule has 1 amide bonds. The molecule has 0 saturated carbocycles. The molecule has 1 aliphatic heterocycles. The third kappa shape index (κ3) is 3.30. The lowest BCUT2D eigenvalue weighted by molar-refractivity contribution is 0.0699. The minimum atomic E-state index is -0.109. The summed E-state index contributed by atoms with van der Waals surface area (Å²) in [5.74, 6) is 0.468. The second-order valence-corrected chi connectivity index (χ2v) is 6.51. The molecule has 0 atom stereocenters. The van der Waals surface area contributed by atoms with Crippen LogP contribution in [-0.4, -0.2) is 43.8 Å². The molecule has 3 aromatic rings. The molecule has 25 heavy (non-hydrogen) atoms. The normalized spacial score (nSPS) is 15.5. The maximum Gasteiger partial charge on any atom is 0.291 e. The summed E-state index contributed by atoms with van der Waals surface area (Å²) in [5.41, 5.74) is 1.73. The number of amides is 1. The van der Waals surface area contributed by atoms with Gasteiger partial charge in [0.15, 0.2) is 5.65 Å². The summed E-state index contributed by atoms with van der Waals surface area (Å²) in [7, 11) is 0. The van der Waals surface area contributed by atoms with Gasteiger partial charge in [0.1, 0.15) is 0 Å². The maximum absolute atomic E-state index is 12.4. The van der Waals surface area contributed by atoms with Crippen molar-refractivity contribution in [3.63, 3.8) is 0 Å². The molecule has 126 valence electrons. The summed E-state index contributed by atoms with van der Waals surface area (Å²) in [6.07, 6.45) is 6.52. The number of halogens is 1. The summed E-state index contributed by atoms with van der Waals surface area (Å²) < 4.78 is 0. The van der Waals surface area contributed by atoms with Crippen LogP contribution in [0.4, 0.5) is 0 Å². The predicted octanol–water partition coefficient (Wildman–Crippen LogP) is 3.09. The number of nitrogens with zero attached hydrogens (tertiary/aromatic N) is 5. The Kier molecular flexibility index (Phi) is 4.28. The van der Waals surface area contributed by atoms with Crippen LogP contribution < -0.4 is 0 Å². The molecule has 3 aromatic heterocycles. The van der Waals surface area contributed by atoms with Gasteiger partial charge in [-0.1, -0.05) is 11.6 Å². The number of likely N-dealkylation sites (tertiary alicyclic amines) is 1. The highest BCUT2D eigenvalue weighted by atomic mass is 35.5. The van der Waals surface area contributed by atoms with Crippen molar-refractivity contribution >= 4 is 28.5 Å². The predicted molar refractivity (Wildman–Crippen MR) is 94.5 cm³/mol. The first-order valence-electron chi connectivity index (χ1n) is 8.19. The van der Waals surface area contributed by atoms with Crippen LogP contribution in [0, 0.1) is 0 Å². The summed E-state index contributed by atoms with van der Waals surface area (Å²) in [6.45, 7) is 1.35. The van der Waals surface area contributed by atoms with Gasteiger partial charge in [-0.15, -0.1) is 0 Å². The van der Waals surface area contributed by atoms with E-state index in [1.807, 2.05) is 23.1 Å². The Balaban J connectivity index is 1.46. The van der Waals surface area contributed by atoms with Gasteiger partial charge < -0.3 is 4.90 Å². The Hall–Kier alpha value is -2.60. The molecule has 6 nitrogen and oxygen atoms in total. The first-order valence-corrected chi connectivity index (χ1v) is 8.57. The summed E-state index contributed by atoms with van der Waals surface area (Å²) >= 11 is 5.97. The van der Waals surface area contributed by atoms with Crippen molar-refractivity contribution in [2.45, 2.75) is 18.8 Å². The highest BCUT2D eigenvalue weighted by Gasteiger charge is 2.26. The number of hydrogen-bond acceptors (Lipinski definition) is 5. The topological polar surface area (TPSA) is 71.9 Å². The van der Waals surface area contributed by atoms with Gasteiger partial charge in [-0.05, 0) is 37.1 Å². The van der Waals surface area contributed by atoms with Gasteiger partial charge in [-0.25, -0.2) is 19.9 Å². The molecule has 1 saturated heterocycles. The Morgan fingerprint density at radius 3 is 2.64 bits per heavy atom. The highest BCUT2D eigenvalue weighted by molar-refractivity contribution is 6.31. The molecule has 0 unspecified atom stereocenters. The first-order chi connectivity index (χ1) is 12.2. The Bertz CT molecular complexity index is 910. The van der Waals surface area contributed by atoms with Crippen LogP contribution in [0.5, 0.6) is 0 Å². The van der Waals surface area contributed by atoms with Crippen LogP contribution in [0.15, 0.2) is 42.9 Å². The minimum absolute atomic E-state index is 0.109. The number of fused-ring (bicyclic) bond motifs is 1. The smallest absolute Gasteiger partial charge is 0.291 e. The molecule has 0 aliphatic carbocycles. The maximum atomic E-state index is 12.4. The van der Waals surface area contributed by atoms with Crippen molar-refractivity contribution in [1.82, 2.24) is 24.8 Å². The molecule has 7 heteroatoms. The number of carbonyl (C=O) groups excluding carboxylic acids is 1. The molecule has 0 spiro atoms. The van der Waals surface area contributed by atoms with Crippen LogP contribution in [0.3, 0.4) is 0 Å². The van der Waals surface area contributed by atoms with E-state index in [4.69, 9.17) is 11.6 Å². The van der Waals surface area contributed by atoms with Crippen molar-refractivity contribution in [2.24, 2.45) is 0 Å². The Morgan fingerprint density at radius 2 is 1.88 bits per heavy atom. The van der Waals surface area contributed by atoms with Crippen LogP contribution in [-0.2, 0) is 0 Å². The van der Waals surface area contributed by atoms with E-state index in [2.05, 4.69) is 19.9 Å². The fraction of sp³-hybridized carbons (Fsp3) is 0.278. The van der Waals surface area contributed by atoms with Crippen molar-refractivity contribution in [3.05, 3.63) is 59.4 Å². The molecule has 4 rings (SSSR count). The average molecular weight is 354 g/mol. The zero-order valence-corrected chi connectivity index (χ0v) is 14.2. The molecular formula is C18H16ClN5O. The second-order valence-electron chi connectivity index (χ2n) is 6.08. The van der Waals surface area contributed by atoms with Gasteiger partial charge >= 0.3 is 0 Å². The number of rotatable bonds is 2. The molecule has 1 aliphatic rings. The molecule has 0 aromatic carbocycles. The number of piperidine rings is 1. The van der Waals surface area contributed by atoms with Crippen molar-refractivity contribution in [1.29, 1.82) is 0 Å². The minimum Gasteiger partial charge on any atom is -0.336 e. The highest BCUT2D eigenvalue weighted by Crippen LogP contribution is 2.28. The van der Waals surface area contributed by atoms with E-state index in [1.165, 1.54) is 0 Å². The quantitative estimate of drug-likeness (QED) is 0.708. The van der Waals surface area contributed by atoms with Gasteiger partial charge in [0.2, 0.25) is 5.82 Å². The van der Waals surface area contributed by atoms with Gasteiger partial charge in [0.05, 0.1) is 5.02 Å². The lowest BCUT2D eigenvalue weighted by atomic mass is 9.92. The lowest BCUT2D eigenvalue weighted by Crippen LogP contribution is -2.38. The number of aromatic nitrogens is 4. The molecule has 1 fully saturated rings.